The van der Waals surface area contributed by atoms with Crippen LogP contribution in [0, 0.1) is 6.92 Å². The Morgan fingerprint density at radius 3 is 2.15 bits per heavy atom. The van der Waals surface area contributed by atoms with Crippen LogP contribution in [0.15, 0.2) is 42.7 Å². The number of nitrogens with zero attached hydrogens (tertiary/aromatic N) is 1. The normalized spacial score (nSPS) is 11.2. The SMILES string of the molecule is Cc1cc(Br)cc(C=Nc2cc(Br)c(O)c(Br)c2)c1O. The average molecular weight is 464 g/mol. The fourth-order valence-corrected chi connectivity index (χ4v) is 3.38. The van der Waals surface area contributed by atoms with Gasteiger partial charge in [-0.2, -0.15) is 0 Å². The lowest BCUT2D eigenvalue weighted by Gasteiger charge is -2.05. The minimum Gasteiger partial charge on any atom is -0.507 e. The van der Waals surface area contributed by atoms with Crippen molar-refractivity contribution < 1.29 is 10.2 Å². The first kappa shape index (κ1) is 15.5. The van der Waals surface area contributed by atoms with E-state index in [1.54, 1.807) is 24.4 Å². The molecule has 0 unspecified atom stereocenters. The molecule has 2 aromatic carbocycles. The molecule has 0 atom stereocenters. The van der Waals surface area contributed by atoms with Crippen LogP contribution in [0.4, 0.5) is 5.69 Å². The third-order valence-electron chi connectivity index (χ3n) is 2.65. The summed E-state index contributed by atoms with van der Waals surface area (Å²) in [6, 6.07) is 7.01. The average Bonchev–Trinajstić information content (AvgIpc) is 2.38. The zero-order valence-electron chi connectivity index (χ0n) is 10.4. The maximum absolute atomic E-state index is 9.98. The first-order valence-corrected chi connectivity index (χ1v) is 7.97. The Balaban J connectivity index is 2.40. The standard InChI is InChI=1S/C14H10Br3NO2/c1-7-2-9(15)3-8(13(7)19)6-18-10-4-11(16)14(20)12(17)5-10/h2-6,19-20H,1H3. The van der Waals surface area contributed by atoms with E-state index in [0.717, 1.165) is 10.0 Å². The highest BCUT2D eigenvalue weighted by atomic mass is 79.9. The molecule has 0 bridgehead atoms. The maximum Gasteiger partial charge on any atom is 0.144 e. The molecule has 0 radical (unpaired) electrons. The first-order valence-electron chi connectivity index (χ1n) is 5.59. The van der Waals surface area contributed by atoms with Crippen molar-refractivity contribution in [2.45, 2.75) is 6.92 Å². The number of hydrogen-bond donors (Lipinski definition) is 2. The van der Waals surface area contributed by atoms with Gasteiger partial charge in [-0.1, -0.05) is 15.9 Å². The van der Waals surface area contributed by atoms with E-state index in [1.165, 1.54) is 0 Å². The van der Waals surface area contributed by atoms with Crippen LogP contribution in [0.2, 0.25) is 0 Å². The van der Waals surface area contributed by atoms with E-state index in [9.17, 15) is 10.2 Å². The molecule has 0 aliphatic carbocycles. The second-order valence-electron chi connectivity index (χ2n) is 4.18. The van der Waals surface area contributed by atoms with Gasteiger partial charge in [0.1, 0.15) is 11.5 Å². The summed E-state index contributed by atoms with van der Waals surface area (Å²) in [5.41, 5.74) is 2.05. The van der Waals surface area contributed by atoms with Crippen molar-refractivity contribution in [2.24, 2.45) is 4.99 Å². The largest absolute Gasteiger partial charge is 0.507 e. The predicted octanol–water partition coefficient (Wildman–Crippen LogP) is 5.44. The van der Waals surface area contributed by atoms with Gasteiger partial charge < -0.3 is 10.2 Å². The minimum absolute atomic E-state index is 0.130. The van der Waals surface area contributed by atoms with Crippen LogP contribution in [-0.4, -0.2) is 16.4 Å². The molecule has 0 saturated carbocycles. The third kappa shape index (κ3) is 3.42. The molecule has 0 aliphatic heterocycles. The number of hydrogen-bond acceptors (Lipinski definition) is 3. The minimum atomic E-state index is 0.130. The molecule has 0 aliphatic rings. The van der Waals surface area contributed by atoms with Crippen LogP contribution in [0.5, 0.6) is 11.5 Å². The summed E-state index contributed by atoms with van der Waals surface area (Å²) in [6.45, 7) is 1.82. The lowest BCUT2D eigenvalue weighted by molar-refractivity contribution is 0.468. The van der Waals surface area contributed by atoms with Crippen LogP contribution >= 0.6 is 47.8 Å². The van der Waals surface area contributed by atoms with Gasteiger partial charge in [-0.25, -0.2) is 0 Å². The molecule has 0 aromatic heterocycles. The van der Waals surface area contributed by atoms with Gasteiger partial charge in [0, 0.05) is 16.3 Å². The Labute approximate surface area is 141 Å². The van der Waals surface area contributed by atoms with Crippen molar-refractivity contribution in [1.82, 2.24) is 0 Å². The molecule has 104 valence electrons. The van der Waals surface area contributed by atoms with Crippen LogP contribution < -0.4 is 0 Å². The van der Waals surface area contributed by atoms with Gasteiger partial charge in [-0.3, -0.25) is 4.99 Å². The van der Waals surface area contributed by atoms with E-state index in [0.29, 0.717) is 20.2 Å². The number of phenolic OH excluding ortho intramolecular Hbond substituents is 2. The van der Waals surface area contributed by atoms with E-state index in [-0.39, 0.29) is 11.5 Å². The van der Waals surface area contributed by atoms with Gasteiger partial charge in [0.15, 0.2) is 0 Å². The zero-order valence-corrected chi connectivity index (χ0v) is 15.1. The predicted molar refractivity (Wildman–Crippen MR) is 91.3 cm³/mol. The zero-order chi connectivity index (χ0) is 14.9. The van der Waals surface area contributed by atoms with Crippen molar-refractivity contribution >= 4 is 59.7 Å². The second kappa shape index (κ2) is 6.28. The molecule has 0 heterocycles. The quantitative estimate of drug-likeness (QED) is 0.582. The van der Waals surface area contributed by atoms with Gasteiger partial charge in [0.2, 0.25) is 0 Å². The van der Waals surface area contributed by atoms with E-state index < -0.39 is 0 Å². The number of aromatic hydroxyl groups is 2. The summed E-state index contributed by atoms with van der Waals surface area (Å²) in [7, 11) is 0. The molecule has 20 heavy (non-hydrogen) atoms. The number of aliphatic imine (C=N–C) groups is 1. The van der Waals surface area contributed by atoms with E-state index in [1.807, 2.05) is 13.0 Å². The monoisotopic (exact) mass is 461 g/mol. The molecule has 2 N–H and O–H groups in total. The van der Waals surface area contributed by atoms with Gasteiger partial charge in [0.05, 0.1) is 14.6 Å². The number of rotatable bonds is 2. The highest BCUT2D eigenvalue weighted by Gasteiger charge is 2.06. The smallest absolute Gasteiger partial charge is 0.144 e. The Hall–Kier alpha value is -0.850. The molecular weight excluding hydrogens is 454 g/mol. The van der Waals surface area contributed by atoms with Crippen LogP contribution in [0.3, 0.4) is 0 Å². The molecule has 2 rings (SSSR count). The summed E-state index contributed by atoms with van der Waals surface area (Å²) in [4.78, 5) is 4.31. The van der Waals surface area contributed by atoms with Crippen molar-refractivity contribution in [3.8, 4) is 11.5 Å². The topological polar surface area (TPSA) is 52.8 Å². The highest BCUT2D eigenvalue weighted by molar-refractivity contribution is 9.11. The Kier molecular flexibility index (Phi) is 4.88. The Morgan fingerprint density at radius 2 is 1.55 bits per heavy atom. The molecule has 0 spiro atoms. The van der Waals surface area contributed by atoms with E-state index in [2.05, 4.69) is 52.8 Å². The van der Waals surface area contributed by atoms with Gasteiger partial charge >= 0.3 is 0 Å². The molecule has 0 amide bonds. The molecule has 6 heteroatoms. The maximum atomic E-state index is 9.98. The number of halogens is 3. The van der Waals surface area contributed by atoms with Crippen molar-refractivity contribution in [2.75, 3.05) is 0 Å². The van der Waals surface area contributed by atoms with E-state index >= 15 is 0 Å². The van der Waals surface area contributed by atoms with Crippen LogP contribution in [0.1, 0.15) is 11.1 Å². The van der Waals surface area contributed by atoms with Gasteiger partial charge in [0.25, 0.3) is 0 Å². The van der Waals surface area contributed by atoms with Crippen molar-refractivity contribution in [1.29, 1.82) is 0 Å². The molecule has 0 fully saturated rings. The third-order valence-corrected chi connectivity index (χ3v) is 4.32. The van der Waals surface area contributed by atoms with E-state index in [4.69, 9.17) is 0 Å². The lowest BCUT2D eigenvalue weighted by Crippen LogP contribution is -1.86. The highest BCUT2D eigenvalue weighted by Crippen LogP contribution is 2.36. The summed E-state index contributed by atoms with van der Waals surface area (Å²) in [5, 5.41) is 19.6. The fraction of sp³-hybridized carbons (Fsp3) is 0.0714. The molecule has 0 saturated heterocycles. The Morgan fingerprint density at radius 1 is 0.950 bits per heavy atom. The van der Waals surface area contributed by atoms with Gasteiger partial charge in [-0.05, 0) is 68.6 Å². The van der Waals surface area contributed by atoms with Crippen LogP contribution in [0.25, 0.3) is 0 Å². The Bertz CT molecular complexity index is 676. The fourth-order valence-electron chi connectivity index (χ4n) is 1.63. The summed E-state index contributed by atoms with van der Waals surface area (Å²) in [6.07, 6.45) is 1.58. The summed E-state index contributed by atoms with van der Waals surface area (Å²) < 4.78 is 1.98. The second-order valence-corrected chi connectivity index (χ2v) is 6.80. The molecular formula is C14H10Br3NO2. The van der Waals surface area contributed by atoms with Gasteiger partial charge in [-0.15, -0.1) is 0 Å². The van der Waals surface area contributed by atoms with Crippen LogP contribution in [-0.2, 0) is 0 Å². The summed E-state index contributed by atoms with van der Waals surface area (Å²) >= 11 is 9.89. The molecule has 3 nitrogen and oxygen atoms in total. The first-order chi connectivity index (χ1) is 9.38. The molecule has 2 aromatic rings. The summed E-state index contributed by atoms with van der Waals surface area (Å²) in [5.74, 6) is 0.332. The number of phenols is 2. The lowest BCUT2D eigenvalue weighted by atomic mass is 10.1. The number of benzene rings is 2. The van der Waals surface area contributed by atoms with Crippen molar-refractivity contribution in [3.63, 3.8) is 0 Å². The number of aryl methyl sites for hydroxylation is 1. The van der Waals surface area contributed by atoms with Crippen molar-refractivity contribution in [3.05, 3.63) is 48.8 Å².